The zero-order valence-electron chi connectivity index (χ0n) is 14.9. The van der Waals surface area contributed by atoms with E-state index in [1.165, 1.54) is 13.2 Å². The van der Waals surface area contributed by atoms with Crippen LogP contribution in [0.5, 0.6) is 11.5 Å². The zero-order chi connectivity index (χ0) is 18.1. The van der Waals surface area contributed by atoms with Gasteiger partial charge < -0.3 is 19.1 Å². The van der Waals surface area contributed by atoms with Crippen molar-refractivity contribution in [1.29, 1.82) is 0 Å². The van der Waals surface area contributed by atoms with E-state index >= 15 is 0 Å². The summed E-state index contributed by atoms with van der Waals surface area (Å²) in [4.78, 5) is 25.3. The summed E-state index contributed by atoms with van der Waals surface area (Å²) >= 11 is 0. The molecule has 132 valence electrons. The molecule has 0 radical (unpaired) electrons. The minimum absolute atomic E-state index is 0.0287. The Morgan fingerprint density at radius 1 is 1.17 bits per heavy atom. The van der Waals surface area contributed by atoms with Crippen molar-refractivity contribution in [3.8, 4) is 11.5 Å². The van der Waals surface area contributed by atoms with Crippen molar-refractivity contribution in [1.82, 2.24) is 4.90 Å². The SMILES string of the molecule is COC(=O)CCN(C(=O)/C=C/c1cc(OC)ccc1OC)C(C)C. The molecule has 0 saturated heterocycles. The maximum atomic E-state index is 12.4. The quantitative estimate of drug-likeness (QED) is 0.539. The number of benzene rings is 1. The summed E-state index contributed by atoms with van der Waals surface area (Å²) in [6.45, 7) is 4.10. The maximum Gasteiger partial charge on any atom is 0.307 e. The highest BCUT2D eigenvalue weighted by Gasteiger charge is 2.16. The van der Waals surface area contributed by atoms with Gasteiger partial charge >= 0.3 is 5.97 Å². The monoisotopic (exact) mass is 335 g/mol. The van der Waals surface area contributed by atoms with Gasteiger partial charge in [0.25, 0.3) is 0 Å². The van der Waals surface area contributed by atoms with Crippen LogP contribution < -0.4 is 9.47 Å². The summed E-state index contributed by atoms with van der Waals surface area (Å²) in [5.74, 6) is 0.797. The third-order valence-electron chi connectivity index (χ3n) is 3.53. The summed E-state index contributed by atoms with van der Waals surface area (Å²) in [5, 5.41) is 0. The number of amides is 1. The molecule has 0 aromatic heterocycles. The van der Waals surface area contributed by atoms with Crippen LogP contribution in [-0.4, -0.2) is 50.7 Å². The molecule has 0 unspecified atom stereocenters. The van der Waals surface area contributed by atoms with Crippen LogP contribution >= 0.6 is 0 Å². The molecule has 1 amide bonds. The van der Waals surface area contributed by atoms with Crippen molar-refractivity contribution in [2.75, 3.05) is 27.9 Å². The number of ether oxygens (including phenoxy) is 3. The lowest BCUT2D eigenvalue weighted by Gasteiger charge is -2.25. The molecule has 0 bridgehead atoms. The molecule has 0 atom stereocenters. The molecule has 0 heterocycles. The van der Waals surface area contributed by atoms with Crippen molar-refractivity contribution in [3.05, 3.63) is 29.8 Å². The Balaban J connectivity index is 2.90. The molecule has 6 nitrogen and oxygen atoms in total. The first-order valence-corrected chi connectivity index (χ1v) is 7.70. The predicted molar refractivity (Wildman–Crippen MR) is 92.1 cm³/mol. The van der Waals surface area contributed by atoms with Gasteiger partial charge in [-0.2, -0.15) is 0 Å². The van der Waals surface area contributed by atoms with Gasteiger partial charge in [-0.1, -0.05) is 0 Å². The van der Waals surface area contributed by atoms with E-state index in [1.54, 1.807) is 43.4 Å². The molecule has 0 aliphatic rings. The van der Waals surface area contributed by atoms with E-state index in [2.05, 4.69) is 4.74 Å². The van der Waals surface area contributed by atoms with Crippen molar-refractivity contribution in [2.45, 2.75) is 26.3 Å². The van der Waals surface area contributed by atoms with Crippen molar-refractivity contribution < 1.29 is 23.8 Å². The standard InChI is InChI=1S/C18H25NO5/c1-13(2)19(11-10-18(21)24-5)17(20)9-6-14-12-15(22-3)7-8-16(14)23-4/h6-9,12-13H,10-11H2,1-5H3/b9-6+. The number of nitrogens with zero attached hydrogens (tertiary/aromatic N) is 1. The smallest absolute Gasteiger partial charge is 0.307 e. The summed E-state index contributed by atoms with van der Waals surface area (Å²) in [6.07, 6.45) is 3.31. The van der Waals surface area contributed by atoms with Crippen LogP contribution in [0.15, 0.2) is 24.3 Å². The average molecular weight is 335 g/mol. The highest BCUT2D eigenvalue weighted by Crippen LogP contribution is 2.25. The molecule has 6 heteroatoms. The molecule has 0 spiro atoms. The molecule has 0 N–H and O–H groups in total. The van der Waals surface area contributed by atoms with Crippen LogP contribution in [0, 0.1) is 0 Å². The lowest BCUT2D eigenvalue weighted by Crippen LogP contribution is -2.37. The summed E-state index contributed by atoms with van der Waals surface area (Å²) in [5.41, 5.74) is 0.738. The van der Waals surface area contributed by atoms with E-state index in [0.29, 0.717) is 18.0 Å². The van der Waals surface area contributed by atoms with Gasteiger partial charge in [-0.05, 0) is 38.1 Å². The summed E-state index contributed by atoms with van der Waals surface area (Å²) in [7, 11) is 4.48. The van der Waals surface area contributed by atoms with Gasteiger partial charge in [0.15, 0.2) is 0 Å². The van der Waals surface area contributed by atoms with Crippen molar-refractivity contribution in [3.63, 3.8) is 0 Å². The Morgan fingerprint density at radius 2 is 1.88 bits per heavy atom. The molecule has 0 aliphatic heterocycles. The second-order valence-electron chi connectivity index (χ2n) is 5.39. The van der Waals surface area contributed by atoms with Crippen LogP contribution in [0.25, 0.3) is 6.08 Å². The maximum absolute atomic E-state index is 12.4. The number of esters is 1. The highest BCUT2D eigenvalue weighted by atomic mass is 16.5. The Kier molecular flexibility index (Phi) is 7.82. The van der Waals surface area contributed by atoms with E-state index in [1.807, 2.05) is 13.8 Å². The number of hydrogen-bond donors (Lipinski definition) is 0. The fourth-order valence-corrected chi connectivity index (χ4v) is 2.16. The fraction of sp³-hybridized carbons (Fsp3) is 0.444. The Bertz CT molecular complexity index is 595. The van der Waals surface area contributed by atoms with Gasteiger partial charge in [-0.3, -0.25) is 9.59 Å². The van der Waals surface area contributed by atoms with Crippen molar-refractivity contribution in [2.24, 2.45) is 0 Å². The number of carbonyl (C=O) groups excluding carboxylic acids is 2. The van der Waals surface area contributed by atoms with Crippen LogP contribution in [0.4, 0.5) is 0 Å². The summed E-state index contributed by atoms with van der Waals surface area (Å²) in [6, 6.07) is 5.32. The number of carbonyl (C=O) groups is 2. The van der Waals surface area contributed by atoms with Crippen LogP contribution in [-0.2, 0) is 14.3 Å². The largest absolute Gasteiger partial charge is 0.497 e. The second-order valence-corrected chi connectivity index (χ2v) is 5.39. The van der Waals surface area contributed by atoms with Gasteiger partial charge in [0.1, 0.15) is 11.5 Å². The van der Waals surface area contributed by atoms with Gasteiger partial charge in [-0.25, -0.2) is 0 Å². The molecule has 24 heavy (non-hydrogen) atoms. The molecule has 1 aromatic rings. The first-order chi connectivity index (χ1) is 11.4. The van der Waals surface area contributed by atoms with Crippen LogP contribution in [0.1, 0.15) is 25.8 Å². The van der Waals surface area contributed by atoms with E-state index in [9.17, 15) is 9.59 Å². The molecule has 1 aromatic carbocycles. The molecule has 1 rings (SSSR count). The summed E-state index contributed by atoms with van der Waals surface area (Å²) < 4.78 is 15.1. The van der Waals surface area contributed by atoms with Gasteiger partial charge in [-0.15, -0.1) is 0 Å². The van der Waals surface area contributed by atoms with Gasteiger partial charge in [0, 0.05) is 24.2 Å². The number of hydrogen-bond acceptors (Lipinski definition) is 5. The second kappa shape index (κ2) is 9.60. The van der Waals surface area contributed by atoms with Crippen molar-refractivity contribution >= 4 is 18.0 Å². The number of rotatable bonds is 8. The van der Waals surface area contributed by atoms with E-state index < -0.39 is 0 Å². The predicted octanol–water partition coefficient (Wildman–Crippen LogP) is 2.52. The molecule has 0 saturated carbocycles. The Labute approximate surface area is 143 Å². The minimum atomic E-state index is -0.341. The molecule has 0 aliphatic carbocycles. The first-order valence-electron chi connectivity index (χ1n) is 7.70. The van der Waals surface area contributed by atoms with E-state index in [0.717, 1.165) is 5.56 Å². The van der Waals surface area contributed by atoms with Gasteiger partial charge in [0.05, 0.1) is 27.8 Å². The first kappa shape index (κ1) is 19.5. The number of methoxy groups -OCH3 is 3. The highest BCUT2D eigenvalue weighted by molar-refractivity contribution is 5.92. The third-order valence-corrected chi connectivity index (χ3v) is 3.53. The molecular weight excluding hydrogens is 310 g/mol. The Morgan fingerprint density at radius 3 is 2.42 bits per heavy atom. The normalized spacial score (nSPS) is 10.8. The fourth-order valence-electron chi connectivity index (χ4n) is 2.16. The van der Waals surface area contributed by atoms with E-state index in [4.69, 9.17) is 9.47 Å². The molecule has 0 fully saturated rings. The minimum Gasteiger partial charge on any atom is -0.497 e. The Hall–Kier alpha value is -2.50. The van der Waals surface area contributed by atoms with E-state index in [-0.39, 0.29) is 24.3 Å². The van der Waals surface area contributed by atoms with Gasteiger partial charge in [0.2, 0.25) is 5.91 Å². The molecular formula is C18H25NO5. The lowest BCUT2D eigenvalue weighted by atomic mass is 10.1. The topological polar surface area (TPSA) is 65.1 Å². The average Bonchev–Trinajstić information content (AvgIpc) is 2.59. The van der Waals surface area contributed by atoms with Crippen LogP contribution in [0.2, 0.25) is 0 Å². The zero-order valence-corrected chi connectivity index (χ0v) is 14.9. The lowest BCUT2D eigenvalue weighted by molar-refractivity contribution is -0.141. The van der Waals surface area contributed by atoms with Crippen LogP contribution in [0.3, 0.4) is 0 Å². The third kappa shape index (κ3) is 5.61.